The molecular weight excluding hydrogens is 371 g/mol. The lowest BCUT2D eigenvalue weighted by atomic mass is 10.0. The number of anilines is 2. The lowest BCUT2D eigenvalue weighted by molar-refractivity contribution is -0.138. The zero-order valence-corrected chi connectivity index (χ0v) is 15.2. The highest BCUT2D eigenvalue weighted by molar-refractivity contribution is 5.77. The van der Waals surface area contributed by atoms with Gasteiger partial charge in [-0.3, -0.25) is 0 Å². The molecule has 9 heteroatoms. The largest absolute Gasteiger partial charge is 0.493 e. The summed E-state index contributed by atoms with van der Waals surface area (Å²) in [6.07, 6.45) is -3.89. The molecule has 0 spiro atoms. The van der Waals surface area contributed by atoms with Crippen molar-refractivity contribution in [1.82, 2.24) is 10.3 Å². The van der Waals surface area contributed by atoms with Crippen LogP contribution in [0.1, 0.15) is 17.7 Å². The first-order valence-corrected chi connectivity index (χ1v) is 8.77. The van der Waals surface area contributed by atoms with Gasteiger partial charge in [0.2, 0.25) is 0 Å². The van der Waals surface area contributed by atoms with E-state index in [9.17, 15) is 18.4 Å². The first-order valence-electron chi connectivity index (χ1n) is 8.77. The predicted molar refractivity (Wildman–Crippen MR) is 99.8 cm³/mol. The highest BCUT2D eigenvalue weighted by Gasteiger charge is 2.35. The van der Waals surface area contributed by atoms with E-state index in [2.05, 4.69) is 15.6 Å². The van der Waals surface area contributed by atoms with Gasteiger partial charge in [0, 0.05) is 12.6 Å². The number of aromatic nitrogens is 1. The van der Waals surface area contributed by atoms with Crippen LogP contribution in [-0.4, -0.2) is 31.7 Å². The Hall–Kier alpha value is -2.99. The van der Waals surface area contributed by atoms with Gasteiger partial charge in [-0.1, -0.05) is 0 Å². The molecule has 0 unspecified atom stereocenters. The lowest BCUT2D eigenvalue weighted by Crippen LogP contribution is -2.42. The molecule has 0 aliphatic carbocycles. The van der Waals surface area contributed by atoms with Gasteiger partial charge in [-0.2, -0.15) is 18.4 Å². The third-order valence-electron chi connectivity index (χ3n) is 4.66. The maximum absolute atomic E-state index is 13.6. The van der Waals surface area contributed by atoms with E-state index in [0.29, 0.717) is 18.0 Å². The highest BCUT2D eigenvalue weighted by atomic mass is 19.4. The molecule has 0 amide bonds. The van der Waals surface area contributed by atoms with Crippen LogP contribution in [0.4, 0.5) is 24.5 Å². The fourth-order valence-electron chi connectivity index (χ4n) is 2.92. The number of nitrogens with zero attached hydrogens (tertiary/aromatic N) is 2. The number of nitrogen functional groups attached to an aromatic ring is 1. The summed E-state index contributed by atoms with van der Waals surface area (Å²) in [5, 5.41) is 15.1. The average Bonchev–Trinajstić information content (AvgIpc) is 2.63. The molecule has 0 bridgehead atoms. The van der Waals surface area contributed by atoms with Gasteiger partial charge in [0.25, 0.3) is 0 Å². The van der Waals surface area contributed by atoms with E-state index >= 15 is 0 Å². The summed E-state index contributed by atoms with van der Waals surface area (Å²) < 4.78 is 46.1. The molecule has 6 nitrogen and oxygen atoms in total. The number of hydrogen-bond acceptors (Lipinski definition) is 6. The molecule has 1 aliphatic heterocycles. The van der Waals surface area contributed by atoms with Crippen molar-refractivity contribution in [2.75, 3.05) is 37.8 Å². The van der Waals surface area contributed by atoms with E-state index in [1.165, 1.54) is 18.2 Å². The summed E-state index contributed by atoms with van der Waals surface area (Å²) in [5.74, 6) is 0.227. The molecule has 2 heterocycles. The van der Waals surface area contributed by atoms with Crippen molar-refractivity contribution >= 4 is 11.4 Å². The fraction of sp³-hybridized carbons (Fsp3) is 0.368. The number of alkyl halides is 3. The number of ether oxygens (including phenoxy) is 1. The Kier molecular flexibility index (Phi) is 5.61. The minimum atomic E-state index is -4.58. The normalized spacial score (nSPS) is 14.2. The Morgan fingerprint density at radius 1 is 1.36 bits per heavy atom. The van der Waals surface area contributed by atoms with Crippen LogP contribution in [0.2, 0.25) is 0 Å². The number of hydrogen-bond donors (Lipinski definition) is 3. The SMILES string of the molecule is CNc1cc(-c2ccc(OCCC3CNC3)c(C(F)(F)F)c2)nc(C#N)c1N. The van der Waals surface area contributed by atoms with E-state index in [1.54, 1.807) is 7.05 Å². The first-order chi connectivity index (χ1) is 13.3. The summed E-state index contributed by atoms with van der Waals surface area (Å²) in [4.78, 5) is 4.09. The molecule has 0 atom stereocenters. The van der Waals surface area contributed by atoms with Crippen LogP contribution in [0.5, 0.6) is 5.75 Å². The second-order valence-corrected chi connectivity index (χ2v) is 6.55. The van der Waals surface area contributed by atoms with Gasteiger partial charge < -0.3 is 21.1 Å². The quantitative estimate of drug-likeness (QED) is 0.700. The third-order valence-corrected chi connectivity index (χ3v) is 4.66. The number of rotatable bonds is 6. The van der Waals surface area contributed by atoms with Gasteiger partial charge in [0.1, 0.15) is 11.8 Å². The predicted octanol–water partition coefficient (Wildman–Crippen LogP) is 3.25. The standard InChI is InChI=1S/C19H20F3N5O/c1-25-15-7-14(27-16(8-23)18(15)24)12-2-3-17(13(6-12)19(20,21)22)28-5-4-11-9-26-10-11/h2-3,6-7,11,26H,4-5,9-10,24H2,1H3,(H,25,27). The van der Waals surface area contributed by atoms with Gasteiger partial charge in [0.15, 0.2) is 5.69 Å². The molecule has 1 aromatic heterocycles. The molecule has 1 aromatic carbocycles. The van der Waals surface area contributed by atoms with E-state index in [4.69, 9.17) is 10.5 Å². The van der Waals surface area contributed by atoms with Crippen molar-refractivity contribution in [2.45, 2.75) is 12.6 Å². The molecule has 0 saturated carbocycles. The van der Waals surface area contributed by atoms with Crippen molar-refractivity contribution in [3.8, 4) is 23.1 Å². The zero-order valence-electron chi connectivity index (χ0n) is 15.2. The van der Waals surface area contributed by atoms with Gasteiger partial charge in [-0.05, 0) is 49.7 Å². The zero-order chi connectivity index (χ0) is 20.3. The summed E-state index contributed by atoms with van der Waals surface area (Å²) in [6.45, 7) is 1.95. The van der Waals surface area contributed by atoms with E-state index < -0.39 is 11.7 Å². The maximum atomic E-state index is 13.6. The highest BCUT2D eigenvalue weighted by Crippen LogP contribution is 2.39. The number of benzene rings is 1. The minimum Gasteiger partial charge on any atom is -0.493 e. The number of nitrogens with one attached hydrogen (secondary N) is 2. The molecule has 1 fully saturated rings. The van der Waals surface area contributed by atoms with Crippen molar-refractivity contribution in [3.63, 3.8) is 0 Å². The second kappa shape index (κ2) is 7.94. The summed E-state index contributed by atoms with van der Waals surface area (Å²) in [6, 6.07) is 7.14. The minimum absolute atomic E-state index is 0.0511. The number of halogens is 3. The molecule has 0 radical (unpaired) electrons. The Bertz CT molecular complexity index is 904. The molecular formula is C19H20F3N5O. The molecule has 28 heavy (non-hydrogen) atoms. The van der Waals surface area contributed by atoms with Gasteiger partial charge in [-0.25, -0.2) is 4.98 Å². The van der Waals surface area contributed by atoms with Crippen LogP contribution in [0.3, 0.4) is 0 Å². The Morgan fingerprint density at radius 2 is 2.11 bits per heavy atom. The summed E-state index contributed by atoms with van der Waals surface area (Å²) in [5.41, 5.74) is 5.89. The Morgan fingerprint density at radius 3 is 2.68 bits per heavy atom. The molecule has 1 aliphatic rings. The maximum Gasteiger partial charge on any atom is 0.419 e. The van der Waals surface area contributed by atoms with Crippen molar-refractivity contribution in [3.05, 3.63) is 35.5 Å². The van der Waals surface area contributed by atoms with Gasteiger partial charge in [0.05, 0.1) is 29.2 Å². The van der Waals surface area contributed by atoms with Crippen molar-refractivity contribution < 1.29 is 17.9 Å². The Balaban J connectivity index is 1.93. The third kappa shape index (κ3) is 4.12. The van der Waals surface area contributed by atoms with Gasteiger partial charge >= 0.3 is 6.18 Å². The van der Waals surface area contributed by atoms with Crippen molar-refractivity contribution in [2.24, 2.45) is 5.92 Å². The molecule has 4 N–H and O–H groups in total. The summed E-state index contributed by atoms with van der Waals surface area (Å²) in [7, 11) is 1.60. The van der Waals surface area contributed by atoms with Gasteiger partial charge in [-0.15, -0.1) is 0 Å². The van der Waals surface area contributed by atoms with Crippen LogP contribution < -0.4 is 21.1 Å². The van der Waals surface area contributed by atoms with Crippen LogP contribution in [0.15, 0.2) is 24.3 Å². The van der Waals surface area contributed by atoms with Crippen molar-refractivity contribution in [1.29, 1.82) is 5.26 Å². The molecule has 148 valence electrons. The molecule has 2 aromatic rings. The first kappa shape index (κ1) is 19.8. The second-order valence-electron chi connectivity index (χ2n) is 6.55. The summed E-state index contributed by atoms with van der Waals surface area (Å²) >= 11 is 0. The van der Waals surface area contributed by atoms with Crippen LogP contribution in [-0.2, 0) is 6.18 Å². The van der Waals surface area contributed by atoms with Crippen LogP contribution in [0.25, 0.3) is 11.3 Å². The van der Waals surface area contributed by atoms with E-state index in [0.717, 1.165) is 19.2 Å². The monoisotopic (exact) mass is 391 g/mol. The smallest absolute Gasteiger partial charge is 0.419 e. The fourth-order valence-corrected chi connectivity index (χ4v) is 2.92. The molecule has 3 rings (SSSR count). The topological polar surface area (TPSA) is 96.0 Å². The van der Waals surface area contributed by atoms with Crippen LogP contribution >= 0.6 is 0 Å². The number of pyridine rings is 1. The number of nitrogens with two attached hydrogens (primary N) is 1. The lowest BCUT2D eigenvalue weighted by Gasteiger charge is -2.27. The van der Waals surface area contributed by atoms with Crippen LogP contribution in [0, 0.1) is 17.2 Å². The average molecular weight is 391 g/mol. The van der Waals surface area contributed by atoms with E-state index in [-0.39, 0.29) is 35.0 Å². The molecule has 1 saturated heterocycles. The Labute approximate surface area is 160 Å². The number of nitriles is 1. The van der Waals surface area contributed by atoms with E-state index in [1.807, 2.05) is 6.07 Å².